The molecule has 0 radical (unpaired) electrons. The number of hydrogen-bond acceptors (Lipinski definition) is 3. The first-order chi connectivity index (χ1) is 18.5. The van der Waals surface area contributed by atoms with E-state index in [2.05, 4.69) is 24.3 Å². The standard InChI is InChI=1S/C32H19F2NOS2/c1-2-35-31(36)30(38-32(35)37)29-25(18-9-13-20(33)14-10-18)27-22-7-3-5-17-6-4-8-23(24(17)22)28(27)26(29)19-11-15-21(34)16-12-19/h3-16H,2H2,1H3. The maximum atomic E-state index is 14.1. The van der Waals surface area contributed by atoms with Gasteiger partial charge in [0.25, 0.3) is 5.91 Å². The van der Waals surface area contributed by atoms with E-state index in [9.17, 15) is 13.6 Å². The second-order valence-corrected chi connectivity index (χ2v) is 11.0. The molecule has 0 atom stereocenters. The molecule has 0 bridgehead atoms. The quantitative estimate of drug-likeness (QED) is 0.215. The highest BCUT2D eigenvalue weighted by molar-refractivity contribution is 8.30. The van der Waals surface area contributed by atoms with Crippen LogP contribution in [-0.2, 0) is 4.79 Å². The molecular weight excluding hydrogens is 516 g/mol. The molecule has 4 aromatic rings. The van der Waals surface area contributed by atoms with Crippen LogP contribution in [-0.4, -0.2) is 21.7 Å². The maximum Gasteiger partial charge on any atom is 0.266 e. The number of rotatable bonds is 3. The zero-order valence-corrected chi connectivity index (χ0v) is 21.9. The molecule has 0 spiro atoms. The fraction of sp³-hybridized carbons (Fsp3) is 0.0625. The lowest BCUT2D eigenvalue weighted by molar-refractivity contribution is -0.120. The molecule has 6 heteroatoms. The lowest BCUT2D eigenvalue weighted by Crippen LogP contribution is -2.28. The third-order valence-corrected chi connectivity index (χ3v) is 8.80. The normalized spacial score (nSPS) is 14.2. The van der Waals surface area contributed by atoms with Crippen LogP contribution < -0.4 is 5.22 Å². The number of hydrogen-bond donors (Lipinski definition) is 0. The van der Waals surface area contributed by atoms with Crippen LogP contribution in [0.2, 0.25) is 0 Å². The fourth-order valence-corrected chi connectivity index (χ4v) is 7.24. The summed E-state index contributed by atoms with van der Waals surface area (Å²) in [5, 5.41) is 5.14. The number of carbonyl (C=O) groups excluding carboxylic acids is 1. The lowest BCUT2D eigenvalue weighted by Gasteiger charge is -2.10. The van der Waals surface area contributed by atoms with Crippen molar-refractivity contribution >= 4 is 60.7 Å². The minimum Gasteiger partial charge on any atom is -0.293 e. The first-order valence-corrected chi connectivity index (χ1v) is 13.5. The predicted molar refractivity (Wildman–Crippen MR) is 156 cm³/mol. The number of thioether (sulfide) groups is 1. The van der Waals surface area contributed by atoms with Crippen LogP contribution in [0.25, 0.3) is 59.8 Å². The van der Waals surface area contributed by atoms with E-state index < -0.39 is 0 Å². The van der Waals surface area contributed by atoms with Crippen molar-refractivity contribution < 1.29 is 13.6 Å². The van der Waals surface area contributed by atoms with Gasteiger partial charge in [-0.3, -0.25) is 9.69 Å². The third-order valence-electron chi connectivity index (χ3n) is 7.35. The Labute approximate surface area is 227 Å². The zero-order chi connectivity index (χ0) is 26.1. The van der Waals surface area contributed by atoms with Gasteiger partial charge in [-0.15, -0.1) is 0 Å². The molecule has 0 N–H and O–H groups in total. The van der Waals surface area contributed by atoms with Crippen molar-refractivity contribution in [1.82, 2.24) is 4.90 Å². The molecular formula is C32H19F2NOS2. The molecule has 0 aromatic heterocycles. The Hall–Kier alpha value is -3.87. The van der Waals surface area contributed by atoms with Crippen molar-refractivity contribution in [1.29, 1.82) is 0 Å². The molecule has 2 nitrogen and oxygen atoms in total. The molecule has 1 heterocycles. The summed E-state index contributed by atoms with van der Waals surface area (Å²) in [4.78, 5) is 15.9. The van der Waals surface area contributed by atoms with E-state index in [0.29, 0.717) is 15.8 Å². The van der Waals surface area contributed by atoms with Gasteiger partial charge >= 0.3 is 0 Å². The summed E-state index contributed by atoms with van der Waals surface area (Å²) < 4.78 is 28.7. The molecule has 1 fully saturated rings. The van der Waals surface area contributed by atoms with Gasteiger partial charge in [0.05, 0.1) is 4.91 Å². The highest BCUT2D eigenvalue weighted by Gasteiger charge is 2.36. The van der Waals surface area contributed by atoms with Crippen LogP contribution in [0.15, 0.2) is 84.9 Å². The van der Waals surface area contributed by atoms with Gasteiger partial charge in [-0.25, -0.2) is 8.78 Å². The fourth-order valence-electron chi connectivity index (χ4n) is 5.78. The van der Waals surface area contributed by atoms with Gasteiger partial charge in [0, 0.05) is 11.8 Å². The molecule has 7 rings (SSSR count). The smallest absolute Gasteiger partial charge is 0.266 e. The first-order valence-electron chi connectivity index (χ1n) is 12.3. The number of benzene rings is 4. The van der Waals surface area contributed by atoms with E-state index in [1.54, 1.807) is 29.2 Å². The summed E-state index contributed by atoms with van der Waals surface area (Å²) in [6.07, 6.45) is 0. The SMILES string of the molecule is CCN1C(=O)C(=c2c(-c3ccc(F)cc3)c3c4cccc5cccc(c-3c2-c2ccc(F)cc2)c54)SC1=S. The highest BCUT2D eigenvalue weighted by atomic mass is 32.2. The van der Waals surface area contributed by atoms with Gasteiger partial charge in [0.2, 0.25) is 0 Å². The highest BCUT2D eigenvalue weighted by Crippen LogP contribution is 2.52. The maximum absolute atomic E-state index is 14.1. The minimum atomic E-state index is -0.333. The summed E-state index contributed by atoms with van der Waals surface area (Å²) in [6.45, 7) is 2.37. The molecule has 0 unspecified atom stereocenters. The van der Waals surface area contributed by atoms with Crippen LogP contribution in [0.3, 0.4) is 0 Å². The summed E-state index contributed by atoms with van der Waals surface area (Å²) in [6, 6.07) is 25.2. The van der Waals surface area contributed by atoms with E-state index in [1.165, 1.54) is 36.0 Å². The van der Waals surface area contributed by atoms with Crippen LogP contribution in [0, 0.1) is 11.6 Å². The molecule has 2 aliphatic carbocycles. The Morgan fingerprint density at radius 3 is 1.68 bits per heavy atom. The summed E-state index contributed by atoms with van der Waals surface area (Å²) >= 11 is 6.88. The molecule has 38 heavy (non-hydrogen) atoms. The molecule has 184 valence electrons. The second kappa shape index (κ2) is 8.58. The monoisotopic (exact) mass is 535 g/mol. The van der Waals surface area contributed by atoms with E-state index in [4.69, 9.17) is 12.2 Å². The molecule has 1 saturated heterocycles. The Bertz CT molecular complexity index is 1820. The van der Waals surface area contributed by atoms with Crippen LogP contribution in [0.4, 0.5) is 8.78 Å². The molecule has 3 aliphatic rings. The van der Waals surface area contributed by atoms with Crippen molar-refractivity contribution in [3.8, 4) is 33.4 Å². The van der Waals surface area contributed by atoms with E-state index in [1.807, 2.05) is 19.1 Å². The van der Waals surface area contributed by atoms with Gasteiger partial charge < -0.3 is 0 Å². The van der Waals surface area contributed by atoms with Gasteiger partial charge in [0.15, 0.2) is 0 Å². The number of amides is 1. The number of thiocarbonyl (C=S) groups is 1. The van der Waals surface area contributed by atoms with Gasteiger partial charge in [-0.1, -0.05) is 84.6 Å². The van der Waals surface area contributed by atoms with Crippen molar-refractivity contribution in [3.63, 3.8) is 0 Å². The largest absolute Gasteiger partial charge is 0.293 e. The van der Waals surface area contributed by atoms with Crippen LogP contribution in [0.5, 0.6) is 0 Å². The summed E-state index contributed by atoms with van der Waals surface area (Å²) in [7, 11) is 0. The van der Waals surface area contributed by atoms with Gasteiger partial charge in [-0.2, -0.15) is 0 Å². The van der Waals surface area contributed by atoms with Crippen molar-refractivity contribution in [2.45, 2.75) is 6.92 Å². The minimum absolute atomic E-state index is 0.149. The Kier molecular flexibility index (Phi) is 5.25. The van der Waals surface area contributed by atoms with E-state index >= 15 is 0 Å². The average molecular weight is 536 g/mol. The van der Waals surface area contributed by atoms with Crippen molar-refractivity contribution in [2.24, 2.45) is 0 Å². The van der Waals surface area contributed by atoms with Gasteiger partial charge in [-0.05, 0) is 86.1 Å². The second-order valence-electron chi connectivity index (χ2n) is 9.34. The van der Waals surface area contributed by atoms with Crippen LogP contribution in [0.1, 0.15) is 6.92 Å². The van der Waals surface area contributed by atoms with Crippen molar-refractivity contribution in [3.05, 3.63) is 102 Å². The number of halogens is 2. The molecule has 0 saturated carbocycles. The zero-order valence-electron chi connectivity index (χ0n) is 20.2. The molecule has 1 amide bonds. The predicted octanol–water partition coefficient (Wildman–Crippen LogP) is 7.86. The molecule has 1 aliphatic heterocycles. The summed E-state index contributed by atoms with van der Waals surface area (Å²) in [5.41, 5.74) is 5.33. The number of fused-ring (bicyclic) bond motifs is 3. The Balaban J connectivity index is 1.77. The average Bonchev–Trinajstić information content (AvgIpc) is 3.53. The number of carbonyl (C=O) groups is 1. The van der Waals surface area contributed by atoms with E-state index in [0.717, 1.165) is 60.1 Å². The topological polar surface area (TPSA) is 20.3 Å². The Morgan fingerprint density at radius 1 is 0.737 bits per heavy atom. The van der Waals surface area contributed by atoms with E-state index in [-0.39, 0.29) is 17.5 Å². The van der Waals surface area contributed by atoms with Gasteiger partial charge in [0.1, 0.15) is 16.0 Å². The van der Waals surface area contributed by atoms with Crippen LogP contribution >= 0.6 is 24.0 Å². The Morgan fingerprint density at radius 2 is 1.24 bits per heavy atom. The third kappa shape index (κ3) is 3.23. The van der Waals surface area contributed by atoms with Crippen molar-refractivity contribution in [2.75, 3.05) is 6.54 Å². The molecule has 4 aromatic carbocycles. The summed E-state index contributed by atoms with van der Waals surface area (Å²) in [5.74, 6) is -0.815. The first kappa shape index (κ1) is 23.3. The number of nitrogens with zero attached hydrogens (tertiary/aromatic N) is 1. The lowest BCUT2D eigenvalue weighted by atomic mass is 9.99.